The van der Waals surface area contributed by atoms with Crippen molar-refractivity contribution in [2.45, 2.75) is 50.8 Å². The third kappa shape index (κ3) is 7.97. The van der Waals surface area contributed by atoms with E-state index in [0.717, 1.165) is 6.54 Å². The minimum absolute atomic E-state index is 0.0188. The average molecular weight is 310 g/mol. The summed E-state index contributed by atoms with van der Waals surface area (Å²) in [5, 5.41) is 6.14. The van der Waals surface area contributed by atoms with E-state index in [2.05, 4.69) is 41.2 Å². The third-order valence-corrected chi connectivity index (χ3v) is 3.45. The molecule has 0 aliphatic carbocycles. The predicted octanol–water partition coefficient (Wildman–Crippen LogP) is 3.41. The molecule has 0 aromatic heterocycles. The quantitative estimate of drug-likeness (QED) is 0.791. The molecule has 0 spiro atoms. The van der Waals surface area contributed by atoms with Crippen molar-refractivity contribution in [3.8, 4) is 0 Å². The third-order valence-electron chi connectivity index (χ3n) is 2.70. The van der Waals surface area contributed by atoms with E-state index in [-0.39, 0.29) is 12.1 Å². The van der Waals surface area contributed by atoms with Crippen LogP contribution in [0.25, 0.3) is 0 Å². The van der Waals surface area contributed by atoms with E-state index >= 15 is 0 Å². The van der Waals surface area contributed by atoms with Gasteiger partial charge in [-0.15, -0.1) is 11.8 Å². The van der Waals surface area contributed by atoms with E-state index in [1.165, 1.54) is 10.5 Å². The second-order valence-electron chi connectivity index (χ2n) is 6.03. The Morgan fingerprint density at radius 1 is 1.29 bits per heavy atom. The number of benzene rings is 1. The maximum absolute atomic E-state index is 11.6. The van der Waals surface area contributed by atoms with Gasteiger partial charge >= 0.3 is 6.09 Å². The number of hydrogen-bond acceptors (Lipinski definition) is 4. The molecule has 4 nitrogen and oxygen atoms in total. The molecule has 0 fully saturated rings. The maximum Gasteiger partial charge on any atom is 0.407 e. The first-order valence-electron chi connectivity index (χ1n) is 7.13. The summed E-state index contributed by atoms with van der Waals surface area (Å²) in [5.74, 6) is 0. The number of carbonyl (C=O) groups excluding carboxylic acids is 1. The first-order chi connectivity index (χ1) is 9.80. The van der Waals surface area contributed by atoms with Crippen molar-refractivity contribution in [3.63, 3.8) is 0 Å². The van der Waals surface area contributed by atoms with Gasteiger partial charge in [-0.25, -0.2) is 4.79 Å². The highest BCUT2D eigenvalue weighted by Gasteiger charge is 2.17. The van der Waals surface area contributed by atoms with E-state index in [1.54, 1.807) is 11.8 Å². The van der Waals surface area contributed by atoms with Crippen LogP contribution in [0.4, 0.5) is 4.79 Å². The van der Waals surface area contributed by atoms with Gasteiger partial charge in [-0.2, -0.15) is 0 Å². The molecule has 5 heteroatoms. The Labute approximate surface area is 132 Å². The highest BCUT2D eigenvalue weighted by molar-refractivity contribution is 7.98. The molecule has 2 N–H and O–H groups in total. The lowest BCUT2D eigenvalue weighted by molar-refractivity contribution is 0.0508. The van der Waals surface area contributed by atoms with Gasteiger partial charge in [0.1, 0.15) is 5.60 Å². The van der Waals surface area contributed by atoms with Crippen LogP contribution in [-0.4, -0.2) is 30.5 Å². The number of rotatable bonds is 6. The van der Waals surface area contributed by atoms with Crippen LogP contribution in [0.5, 0.6) is 0 Å². The molecule has 0 saturated carbocycles. The predicted molar refractivity (Wildman–Crippen MR) is 88.8 cm³/mol. The normalized spacial score (nSPS) is 12.8. The number of amides is 1. The molecular weight excluding hydrogens is 284 g/mol. The largest absolute Gasteiger partial charge is 0.444 e. The Balaban J connectivity index is 2.26. The van der Waals surface area contributed by atoms with Gasteiger partial charge in [0, 0.05) is 24.0 Å². The summed E-state index contributed by atoms with van der Waals surface area (Å²) in [4.78, 5) is 12.9. The zero-order valence-electron chi connectivity index (χ0n) is 13.5. The molecule has 0 radical (unpaired) electrons. The standard InChI is InChI=1S/C16H26N2O2S/c1-12(18-15(19)20-16(2,3)4)10-17-11-13-6-8-14(21-5)9-7-13/h6-9,12,17H,10-11H2,1-5H3,(H,18,19). The van der Waals surface area contributed by atoms with E-state index in [9.17, 15) is 4.79 Å². The Kier molecular flexibility index (Phi) is 7.05. The molecule has 1 atom stereocenters. The fraction of sp³-hybridized carbons (Fsp3) is 0.562. The minimum Gasteiger partial charge on any atom is -0.444 e. The van der Waals surface area contributed by atoms with Crippen LogP contribution < -0.4 is 10.6 Å². The van der Waals surface area contributed by atoms with Crippen LogP contribution >= 0.6 is 11.8 Å². The maximum atomic E-state index is 11.6. The molecule has 0 heterocycles. The van der Waals surface area contributed by atoms with Crippen molar-refractivity contribution in [2.75, 3.05) is 12.8 Å². The van der Waals surface area contributed by atoms with E-state index in [4.69, 9.17) is 4.74 Å². The van der Waals surface area contributed by atoms with Crippen LogP contribution in [0.2, 0.25) is 0 Å². The topological polar surface area (TPSA) is 50.4 Å². The molecule has 21 heavy (non-hydrogen) atoms. The monoisotopic (exact) mass is 310 g/mol. The Hall–Kier alpha value is -1.20. The van der Waals surface area contributed by atoms with Crippen molar-refractivity contribution >= 4 is 17.9 Å². The van der Waals surface area contributed by atoms with Gasteiger partial charge in [0.25, 0.3) is 0 Å². The second-order valence-corrected chi connectivity index (χ2v) is 6.91. The van der Waals surface area contributed by atoms with E-state index in [0.29, 0.717) is 6.54 Å². The van der Waals surface area contributed by atoms with Crippen molar-refractivity contribution in [1.82, 2.24) is 10.6 Å². The average Bonchev–Trinajstić information content (AvgIpc) is 2.37. The fourth-order valence-electron chi connectivity index (χ4n) is 1.74. The number of alkyl carbamates (subject to hydrolysis) is 1. The fourth-order valence-corrected chi connectivity index (χ4v) is 2.14. The zero-order chi connectivity index (χ0) is 15.9. The first-order valence-corrected chi connectivity index (χ1v) is 8.36. The summed E-state index contributed by atoms with van der Waals surface area (Å²) >= 11 is 1.74. The van der Waals surface area contributed by atoms with Crippen molar-refractivity contribution in [1.29, 1.82) is 0 Å². The van der Waals surface area contributed by atoms with Gasteiger partial charge in [-0.1, -0.05) is 12.1 Å². The van der Waals surface area contributed by atoms with Crippen molar-refractivity contribution < 1.29 is 9.53 Å². The van der Waals surface area contributed by atoms with Crippen LogP contribution in [0, 0.1) is 0 Å². The first kappa shape index (κ1) is 17.9. The molecule has 1 aromatic rings. The van der Waals surface area contributed by atoms with E-state index in [1.807, 2.05) is 27.7 Å². The summed E-state index contributed by atoms with van der Waals surface area (Å²) in [6.45, 7) is 9.00. The van der Waals surface area contributed by atoms with Gasteiger partial charge in [0.2, 0.25) is 0 Å². The van der Waals surface area contributed by atoms with Gasteiger partial charge in [-0.3, -0.25) is 0 Å². The molecule has 1 unspecified atom stereocenters. The lowest BCUT2D eigenvalue weighted by atomic mass is 10.2. The highest BCUT2D eigenvalue weighted by atomic mass is 32.2. The minimum atomic E-state index is -0.462. The van der Waals surface area contributed by atoms with E-state index < -0.39 is 5.60 Å². The second kappa shape index (κ2) is 8.29. The molecular formula is C16H26N2O2S. The SMILES string of the molecule is CSc1ccc(CNCC(C)NC(=O)OC(C)(C)C)cc1. The Morgan fingerprint density at radius 3 is 2.43 bits per heavy atom. The molecule has 0 saturated heterocycles. The number of carbonyl (C=O) groups is 1. The molecule has 0 aliphatic heterocycles. The molecule has 1 rings (SSSR count). The van der Waals surface area contributed by atoms with Gasteiger partial charge in [0.05, 0.1) is 0 Å². The van der Waals surface area contributed by atoms with Crippen LogP contribution in [0.1, 0.15) is 33.3 Å². The number of thioether (sulfide) groups is 1. The van der Waals surface area contributed by atoms with Gasteiger partial charge in [0.15, 0.2) is 0 Å². The van der Waals surface area contributed by atoms with Crippen LogP contribution in [0.15, 0.2) is 29.2 Å². The van der Waals surface area contributed by atoms with Crippen molar-refractivity contribution in [2.24, 2.45) is 0 Å². The number of hydrogen-bond donors (Lipinski definition) is 2. The van der Waals surface area contributed by atoms with Crippen LogP contribution in [0.3, 0.4) is 0 Å². The van der Waals surface area contributed by atoms with Gasteiger partial charge < -0.3 is 15.4 Å². The van der Waals surface area contributed by atoms with Crippen LogP contribution in [-0.2, 0) is 11.3 Å². The Morgan fingerprint density at radius 2 is 1.90 bits per heavy atom. The lowest BCUT2D eigenvalue weighted by Crippen LogP contribution is -2.42. The van der Waals surface area contributed by atoms with Crippen molar-refractivity contribution in [3.05, 3.63) is 29.8 Å². The smallest absolute Gasteiger partial charge is 0.407 e. The summed E-state index contributed by atoms with van der Waals surface area (Å²) in [6, 6.07) is 8.48. The molecule has 118 valence electrons. The number of nitrogens with one attached hydrogen (secondary N) is 2. The summed E-state index contributed by atoms with van der Waals surface area (Å²) in [7, 11) is 0. The highest BCUT2D eigenvalue weighted by Crippen LogP contribution is 2.14. The van der Waals surface area contributed by atoms with Gasteiger partial charge in [-0.05, 0) is 51.6 Å². The lowest BCUT2D eigenvalue weighted by Gasteiger charge is -2.22. The summed E-state index contributed by atoms with van der Waals surface area (Å²) < 4.78 is 5.22. The summed E-state index contributed by atoms with van der Waals surface area (Å²) in [6.07, 6.45) is 1.69. The zero-order valence-corrected chi connectivity index (χ0v) is 14.3. The molecule has 1 aromatic carbocycles. The number of ether oxygens (including phenoxy) is 1. The molecule has 1 amide bonds. The summed E-state index contributed by atoms with van der Waals surface area (Å²) in [5.41, 5.74) is 0.772. The Bertz CT molecular complexity index is 441. The molecule has 0 aliphatic rings. The molecule has 0 bridgehead atoms.